The third kappa shape index (κ3) is 4.12. The van der Waals surface area contributed by atoms with Crippen LogP contribution in [-0.2, 0) is 12.8 Å². The highest BCUT2D eigenvalue weighted by Crippen LogP contribution is 2.32. The normalized spacial score (nSPS) is 18.3. The van der Waals surface area contributed by atoms with Gasteiger partial charge in [-0.15, -0.1) is 0 Å². The number of amides is 1. The number of aromatic nitrogens is 2. The number of rotatable bonds is 5. The molecule has 2 aliphatic rings. The molecule has 32 heavy (non-hydrogen) atoms. The highest BCUT2D eigenvalue weighted by atomic mass is 16.5. The molecule has 1 saturated heterocycles. The van der Waals surface area contributed by atoms with Crippen LogP contribution in [0.2, 0.25) is 0 Å². The zero-order valence-corrected chi connectivity index (χ0v) is 18.3. The van der Waals surface area contributed by atoms with Crippen LogP contribution in [0.1, 0.15) is 40.0 Å². The monoisotopic (exact) mass is 432 g/mol. The Hall–Kier alpha value is -3.19. The Morgan fingerprint density at radius 2 is 2.12 bits per heavy atom. The van der Waals surface area contributed by atoms with Crippen LogP contribution in [0.25, 0.3) is 10.8 Å². The summed E-state index contributed by atoms with van der Waals surface area (Å²) in [7, 11) is 2.13. The van der Waals surface area contributed by atoms with Crippen LogP contribution in [0.5, 0.6) is 5.75 Å². The van der Waals surface area contributed by atoms with Crippen LogP contribution >= 0.6 is 0 Å². The summed E-state index contributed by atoms with van der Waals surface area (Å²) in [4.78, 5) is 27.6. The number of hydrogen-bond donors (Lipinski definition) is 2. The van der Waals surface area contributed by atoms with E-state index < -0.39 is 0 Å². The molecule has 2 N–H and O–H groups in total. The molecule has 2 aliphatic heterocycles. The van der Waals surface area contributed by atoms with Gasteiger partial charge in [0.2, 0.25) is 0 Å². The first-order valence-corrected chi connectivity index (χ1v) is 11.3. The lowest BCUT2D eigenvalue weighted by Gasteiger charge is -2.29. The predicted molar refractivity (Wildman–Crippen MR) is 123 cm³/mol. The largest absolute Gasteiger partial charge is 0.492 e. The number of likely N-dealkylation sites (tertiary alicyclic amines) is 1. The van der Waals surface area contributed by atoms with Gasteiger partial charge in [0.05, 0.1) is 23.3 Å². The van der Waals surface area contributed by atoms with Crippen molar-refractivity contribution in [3.05, 3.63) is 69.1 Å². The molecule has 1 amide bonds. The number of carbonyl (C=O) groups is 1. The Morgan fingerprint density at radius 3 is 2.97 bits per heavy atom. The number of aromatic amines is 1. The van der Waals surface area contributed by atoms with E-state index in [0.717, 1.165) is 48.1 Å². The van der Waals surface area contributed by atoms with Crippen molar-refractivity contribution in [2.45, 2.75) is 25.7 Å². The fraction of sp³-hybridized carbons (Fsp3) is 0.400. The van der Waals surface area contributed by atoms with Gasteiger partial charge < -0.3 is 15.0 Å². The number of nitrogens with one attached hydrogen (secondary N) is 2. The maximum atomic E-state index is 13.1. The number of H-pyrrole nitrogens is 1. The van der Waals surface area contributed by atoms with Crippen molar-refractivity contribution in [2.75, 3.05) is 33.3 Å². The van der Waals surface area contributed by atoms with Gasteiger partial charge in [-0.1, -0.05) is 24.3 Å². The molecule has 1 atom stereocenters. The average molecular weight is 433 g/mol. The second-order valence-electron chi connectivity index (χ2n) is 8.93. The Balaban J connectivity index is 1.41. The maximum Gasteiger partial charge on any atom is 0.272 e. The van der Waals surface area contributed by atoms with Gasteiger partial charge in [-0.2, -0.15) is 5.10 Å². The minimum absolute atomic E-state index is 0.0856. The van der Waals surface area contributed by atoms with Crippen LogP contribution in [0.4, 0.5) is 0 Å². The Kier molecular flexibility index (Phi) is 5.66. The molecule has 0 saturated carbocycles. The molecule has 1 unspecified atom stereocenters. The second-order valence-corrected chi connectivity index (χ2v) is 8.93. The summed E-state index contributed by atoms with van der Waals surface area (Å²) in [6.07, 6.45) is 3.63. The molecule has 5 rings (SSSR count). The van der Waals surface area contributed by atoms with Crippen molar-refractivity contribution in [3.63, 3.8) is 0 Å². The first-order valence-electron chi connectivity index (χ1n) is 11.3. The third-order valence-corrected chi connectivity index (χ3v) is 6.51. The number of piperidine rings is 1. The van der Waals surface area contributed by atoms with E-state index in [-0.39, 0.29) is 11.5 Å². The Labute approximate surface area is 186 Å². The average Bonchev–Trinajstić information content (AvgIpc) is 3.28. The summed E-state index contributed by atoms with van der Waals surface area (Å²) in [5.41, 5.74) is 3.23. The van der Waals surface area contributed by atoms with Crippen molar-refractivity contribution in [3.8, 4) is 5.75 Å². The lowest BCUT2D eigenvalue weighted by Crippen LogP contribution is -2.39. The van der Waals surface area contributed by atoms with Crippen molar-refractivity contribution in [1.82, 2.24) is 20.4 Å². The van der Waals surface area contributed by atoms with Gasteiger partial charge >= 0.3 is 0 Å². The minimum Gasteiger partial charge on any atom is -0.492 e. The van der Waals surface area contributed by atoms with Crippen molar-refractivity contribution in [1.29, 1.82) is 0 Å². The summed E-state index contributed by atoms with van der Waals surface area (Å²) in [5, 5.41) is 11.5. The zero-order valence-electron chi connectivity index (χ0n) is 18.3. The SMILES string of the molecule is CN1CCCC(CNC(=O)c2cc(Cc3n[nH]c(=O)c4ccccc34)cc3c2OCC3)C1. The standard InChI is InChI=1S/C25H28N4O3/c1-29-9-4-5-16(15-29)14-26-24(30)21-12-17(11-18-8-10-32-23(18)21)13-22-19-6-2-3-7-20(19)25(31)28-27-22/h2-3,6-7,11-12,16H,4-5,8-10,13-15H2,1H3,(H,26,30)(H,28,31). The van der Waals surface area contributed by atoms with E-state index >= 15 is 0 Å². The van der Waals surface area contributed by atoms with Crippen LogP contribution < -0.4 is 15.6 Å². The van der Waals surface area contributed by atoms with Crippen molar-refractivity contribution < 1.29 is 9.53 Å². The van der Waals surface area contributed by atoms with Gasteiger partial charge in [0.15, 0.2) is 0 Å². The Morgan fingerprint density at radius 1 is 1.28 bits per heavy atom. The van der Waals surface area contributed by atoms with Gasteiger partial charge in [-0.25, -0.2) is 5.10 Å². The second kappa shape index (κ2) is 8.74. The van der Waals surface area contributed by atoms with Gasteiger partial charge in [0.1, 0.15) is 5.75 Å². The third-order valence-electron chi connectivity index (χ3n) is 6.51. The fourth-order valence-corrected chi connectivity index (χ4v) is 4.92. The van der Waals surface area contributed by atoms with E-state index in [1.807, 2.05) is 24.3 Å². The fourth-order valence-electron chi connectivity index (χ4n) is 4.92. The molecule has 7 nitrogen and oxygen atoms in total. The molecule has 3 heterocycles. The first-order chi connectivity index (χ1) is 15.6. The molecule has 166 valence electrons. The zero-order chi connectivity index (χ0) is 22.1. The van der Waals surface area contributed by atoms with Gasteiger partial charge in [-0.3, -0.25) is 9.59 Å². The lowest BCUT2D eigenvalue weighted by atomic mass is 9.97. The molecule has 0 bridgehead atoms. The van der Waals surface area contributed by atoms with E-state index in [4.69, 9.17) is 4.74 Å². The predicted octanol–water partition coefficient (Wildman–Crippen LogP) is 2.52. The first kappa shape index (κ1) is 20.7. The lowest BCUT2D eigenvalue weighted by molar-refractivity contribution is 0.0933. The van der Waals surface area contributed by atoms with Crippen LogP contribution in [0.15, 0.2) is 41.2 Å². The molecule has 1 fully saturated rings. The maximum absolute atomic E-state index is 13.1. The van der Waals surface area contributed by atoms with E-state index in [1.165, 1.54) is 6.42 Å². The van der Waals surface area contributed by atoms with Gasteiger partial charge in [0.25, 0.3) is 11.5 Å². The topological polar surface area (TPSA) is 87.3 Å². The quantitative estimate of drug-likeness (QED) is 0.647. The van der Waals surface area contributed by atoms with Crippen molar-refractivity contribution in [2.24, 2.45) is 5.92 Å². The number of nitrogens with zero attached hydrogens (tertiary/aromatic N) is 2. The van der Waals surface area contributed by atoms with E-state index in [0.29, 0.717) is 42.2 Å². The molecule has 0 spiro atoms. The summed E-state index contributed by atoms with van der Waals surface area (Å²) < 4.78 is 5.82. The minimum atomic E-state index is -0.194. The smallest absolute Gasteiger partial charge is 0.272 e. The van der Waals surface area contributed by atoms with E-state index in [1.54, 1.807) is 6.07 Å². The van der Waals surface area contributed by atoms with Gasteiger partial charge in [0, 0.05) is 31.3 Å². The number of fused-ring (bicyclic) bond motifs is 2. The van der Waals surface area contributed by atoms with Crippen LogP contribution in [0, 0.1) is 5.92 Å². The summed E-state index contributed by atoms with van der Waals surface area (Å²) in [5.74, 6) is 1.09. The molecule has 2 aromatic carbocycles. The van der Waals surface area contributed by atoms with E-state index in [9.17, 15) is 9.59 Å². The highest BCUT2D eigenvalue weighted by molar-refractivity contribution is 5.98. The molecule has 0 radical (unpaired) electrons. The summed E-state index contributed by atoms with van der Waals surface area (Å²) in [6.45, 7) is 3.40. The summed E-state index contributed by atoms with van der Waals surface area (Å²) in [6, 6.07) is 11.5. The van der Waals surface area contributed by atoms with E-state index in [2.05, 4.69) is 33.5 Å². The highest BCUT2D eigenvalue weighted by Gasteiger charge is 2.24. The number of ether oxygens (including phenoxy) is 1. The number of carbonyl (C=O) groups excluding carboxylic acids is 1. The molecule has 0 aliphatic carbocycles. The van der Waals surface area contributed by atoms with Crippen LogP contribution in [-0.4, -0.2) is 54.3 Å². The molecular weight excluding hydrogens is 404 g/mol. The van der Waals surface area contributed by atoms with Crippen molar-refractivity contribution >= 4 is 16.7 Å². The Bertz CT molecular complexity index is 1220. The molecule has 1 aromatic heterocycles. The number of benzene rings is 2. The van der Waals surface area contributed by atoms with Gasteiger partial charge in [-0.05, 0) is 55.6 Å². The molecule has 3 aromatic rings. The number of hydrogen-bond acceptors (Lipinski definition) is 5. The molecular formula is C25H28N4O3. The molecule has 7 heteroatoms. The summed E-state index contributed by atoms with van der Waals surface area (Å²) >= 11 is 0. The van der Waals surface area contributed by atoms with Crippen LogP contribution in [0.3, 0.4) is 0 Å².